The molecule has 2 heterocycles. The lowest BCUT2D eigenvalue weighted by atomic mass is 10.1. The molecule has 0 aliphatic rings. The number of hydrogen-bond donors (Lipinski definition) is 1. The van der Waals surface area contributed by atoms with Crippen LogP contribution in [0.1, 0.15) is 16.2 Å². The molecule has 2 aromatic carbocycles. The van der Waals surface area contributed by atoms with Crippen LogP contribution in [0.4, 0.5) is 0 Å². The Morgan fingerprint density at radius 1 is 1.11 bits per heavy atom. The average Bonchev–Trinajstić information content (AvgIpc) is 3.14. The molecular formula is C20H16BrN5O2. The van der Waals surface area contributed by atoms with Gasteiger partial charge in [-0.25, -0.2) is 0 Å². The van der Waals surface area contributed by atoms with Crippen LogP contribution < -0.4 is 10.1 Å². The summed E-state index contributed by atoms with van der Waals surface area (Å²) in [5.74, 6) is 1.14. The first-order chi connectivity index (χ1) is 13.6. The van der Waals surface area contributed by atoms with Crippen LogP contribution in [0, 0.1) is 0 Å². The minimum Gasteiger partial charge on any atom is -0.497 e. The molecule has 0 radical (unpaired) electrons. The van der Waals surface area contributed by atoms with Crippen molar-refractivity contribution in [1.29, 1.82) is 0 Å². The van der Waals surface area contributed by atoms with Crippen molar-refractivity contribution in [3.05, 3.63) is 76.5 Å². The second-order valence-corrected chi connectivity index (χ2v) is 6.94. The Labute approximate surface area is 169 Å². The predicted molar refractivity (Wildman–Crippen MR) is 108 cm³/mol. The van der Waals surface area contributed by atoms with Gasteiger partial charge in [0.15, 0.2) is 11.5 Å². The van der Waals surface area contributed by atoms with E-state index in [4.69, 9.17) is 4.74 Å². The summed E-state index contributed by atoms with van der Waals surface area (Å²) in [6.07, 6.45) is 0. The quantitative estimate of drug-likeness (QED) is 0.516. The number of fused-ring (bicyclic) bond motifs is 1. The molecule has 0 spiro atoms. The number of aromatic nitrogens is 4. The van der Waals surface area contributed by atoms with Crippen LogP contribution in [0.25, 0.3) is 16.9 Å². The Morgan fingerprint density at radius 2 is 1.93 bits per heavy atom. The summed E-state index contributed by atoms with van der Waals surface area (Å²) >= 11 is 3.37. The van der Waals surface area contributed by atoms with Crippen LogP contribution >= 0.6 is 15.9 Å². The van der Waals surface area contributed by atoms with Gasteiger partial charge in [-0.15, -0.1) is 10.2 Å². The largest absolute Gasteiger partial charge is 0.497 e. The topological polar surface area (TPSA) is 81.4 Å². The van der Waals surface area contributed by atoms with E-state index in [0.29, 0.717) is 17.0 Å². The van der Waals surface area contributed by atoms with Crippen molar-refractivity contribution in [3.8, 4) is 17.0 Å². The van der Waals surface area contributed by atoms with Gasteiger partial charge in [-0.3, -0.25) is 4.79 Å². The summed E-state index contributed by atoms with van der Waals surface area (Å²) in [6.45, 7) is 0.214. The Bertz CT molecular complexity index is 1140. The molecular weight excluding hydrogens is 422 g/mol. The SMILES string of the molecule is COc1ccc(-c2ccc3nnc(CNC(=O)c4cccc(Br)c4)n3n2)cc1. The molecule has 1 N–H and O–H groups in total. The molecule has 140 valence electrons. The normalized spacial score (nSPS) is 10.8. The van der Waals surface area contributed by atoms with Crippen molar-refractivity contribution < 1.29 is 9.53 Å². The Hall–Kier alpha value is -3.26. The first kappa shape index (κ1) is 18.1. The number of ether oxygens (including phenoxy) is 1. The fraction of sp³-hybridized carbons (Fsp3) is 0.100. The van der Waals surface area contributed by atoms with E-state index in [0.717, 1.165) is 21.5 Å². The molecule has 0 fully saturated rings. The van der Waals surface area contributed by atoms with Crippen LogP contribution in [-0.2, 0) is 6.54 Å². The van der Waals surface area contributed by atoms with Crippen molar-refractivity contribution in [3.63, 3.8) is 0 Å². The molecule has 0 saturated heterocycles. The lowest BCUT2D eigenvalue weighted by Crippen LogP contribution is -2.24. The van der Waals surface area contributed by atoms with Gasteiger partial charge in [0.25, 0.3) is 5.91 Å². The molecule has 1 amide bonds. The second-order valence-electron chi connectivity index (χ2n) is 6.03. The van der Waals surface area contributed by atoms with Crippen molar-refractivity contribution in [2.75, 3.05) is 7.11 Å². The van der Waals surface area contributed by atoms with E-state index in [-0.39, 0.29) is 12.5 Å². The highest BCUT2D eigenvalue weighted by atomic mass is 79.9. The minimum absolute atomic E-state index is 0.190. The van der Waals surface area contributed by atoms with E-state index in [1.807, 2.05) is 48.5 Å². The molecule has 0 unspecified atom stereocenters. The van der Waals surface area contributed by atoms with E-state index in [1.54, 1.807) is 23.8 Å². The fourth-order valence-electron chi connectivity index (χ4n) is 2.75. The minimum atomic E-state index is -0.190. The number of amides is 1. The lowest BCUT2D eigenvalue weighted by molar-refractivity contribution is 0.0949. The summed E-state index contributed by atoms with van der Waals surface area (Å²) in [5.41, 5.74) is 2.90. The number of nitrogens with zero attached hydrogens (tertiary/aromatic N) is 4. The summed E-state index contributed by atoms with van der Waals surface area (Å²) in [7, 11) is 1.63. The van der Waals surface area contributed by atoms with Crippen molar-refractivity contribution in [2.45, 2.75) is 6.54 Å². The van der Waals surface area contributed by atoms with Gasteiger partial charge in [-0.05, 0) is 54.6 Å². The highest BCUT2D eigenvalue weighted by molar-refractivity contribution is 9.10. The smallest absolute Gasteiger partial charge is 0.251 e. The summed E-state index contributed by atoms with van der Waals surface area (Å²) < 4.78 is 7.68. The van der Waals surface area contributed by atoms with E-state index in [2.05, 4.69) is 36.5 Å². The van der Waals surface area contributed by atoms with Crippen LogP contribution in [0.15, 0.2) is 65.1 Å². The highest BCUT2D eigenvalue weighted by Gasteiger charge is 2.11. The molecule has 0 saturated carbocycles. The maximum absolute atomic E-state index is 12.4. The third-order valence-electron chi connectivity index (χ3n) is 4.21. The van der Waals surface area contributed by atoms with E-state index in [1.165, 1.54) is 0 Å². The highest BCUT2D eigenvalue weighted by Crippen LogP contribution is 2.21. The summed E-state index contributed by atoms with van der Waals surface area (Å²) in [6, 6.07) is 18.6. The number of carbonyl (C=O) groups excluding carboxylic acids is 1. The molecule has 0 aliphatic heterocycles. The van der Waals surface area contributed by atoms with Gasteiger partial charge in [-0.1, -0.05) is 22.0 Å². The van der Waals surface area contributed by atoms with Gasteiger partial charge in [0, 0.05) is 15.6 Å². The van der Waals surface area contributed by atoms with Crippen molar-refractivity contribution >= 4 is 27.5 Å². The van der Waals surface area contributed by atoms with Gasteiger partial charge in [-0.2, -0.15) is 9.61 Å². The van der Waals surface area contributed by atoms with Gasteiger partial charge >= 0.3 is 0 Å². The molecule has 0 aliphatic carbocycles. The van der Waals surface area contributed by atoms with Crippen LogP contribution in [-0.4, -0.2) is 32.8 Å². The van der Waals surface area contributed by atoms with Gasteiger partial charge in [0.2, 0.25) is 0 Å². The van der Waals surface area contributed by atoms with Crippen LogP contribution in [0.5, 0.6) is 5.75 Å². The Kier molecular flexibility index (Phi) is 5.03. The van der Waals surface area contributed by atoms with Gasteiger partial charge in [0.1, 0.15) is 5.75 Å². The lowest BCUT2D eigenvalue weighted by Gasteiger charge is -2.06. The molecule has 4 aromatic rings. The van der Waals surface area contributed by atoms with E-state index in [9.17, 15) is 4.79 Å². The van der Waals surface area contributed by atoms with E-state index >= 15 is 0 Å². The number of nitrogens with one attached hydrogen (secondary N) is 1. The Balaban J connectivity index is 1.56. The third kappa shape index (κ3) is 3.72. The van der Waals surface area contributed by atoms with Crippen LogP contribution in [0.3, 0.4) is 0 Å². The van der Waals surface area contributed by atoms with Crippen molar-refractivity contribution in [1.82, 2.24) is 25.1 Å². The number of rotatable bonds is 5. The average molecular weight is 438 g/mol. The van der Waals surface area contributed by atoms with Crippen LogP contribution in [0.2, 0.25) is 0 Å². The Morgan fingerprint density at radius 3 is 2.68 bits per heavy atom. The monoisotopic (exact) mass is 437 g/mol. The standard InChI is InChI=1S/C20H16BrN5O2/c1-28-16-7-5-13(6-8-16)17-9-10-18-23-24-19(26(18)25-17)12-22-20(27)14-3-2-4-15(21)11-14/h2-11H,12H2,1H3,(H,22,27). The maximum atomic E-state index is 12.4. The molecule has 4 rings (SSSR count). The molecule has 2 aromatic heterocycles. The fourth-order valence-corrected chi connectivity index (χ4v) is 3.15. The summed E-state index contributed by atoms with van der Waals surface area (Å²) in [5, 5.41) is 15.7. The van der Waals surface area contributed by atoms with Crippen molar-refractivity contribution in [2.24, 2.45) is 0 Å². The zero-order chi connectivity index (χ0) is 19.5. The number of carbonyl (C=O) groups is 1. The predicted octanol–water partition coefficient (Wildman–Crippen LogP) is 3.49. The van der Waals surface area contributed by atoms with Gasteiger partial charge in [0.05, 0.1) is 19.3 Å². The van der Waals surface area contributed by atoms with E-state index < -0.39 is 0 Å². The molecule has 7 nitrogen and oxygen atoms in total. The number of benzene rings is 2. The molecule has 0 bridgehead atoms. The second kappa shape index (κ2) is 7.77. The first-order valence-corrected chi connectivity index (χ1v) is 9.33. The number of methoxy groups -OCH3 is 1. The first-order valence-electron chi connectivity index (χ1n) is 8.53. The molecule has 0 atom stereocenters. The maximum Gasteiger partial charge on any atom is 0.251 e. The number of hydrogen-bond acceptors (Lipinski definition) is 5. The zero-order valence-corrected chi connectivity index (χ0v) is 16.5. The number of halogens is 1. The van der Waals surface area contributed by atoms with Gasteiger partial charge < -0.3 is 10.1 Å². The zero-order valence-electron chi connectivity index (χ0n) is 15.0. The molecule has 8 heteroatoms. The third-order valence-corrected chi connectivity index (χ3v) is 4.70. The summed E-state index contributed by atoms with van der Waals surface area (Å²) in [4.78, 5) is 12.4. The molecule has 28 heavy (non-hydrogen) atoms.